The van der Waals surface area contributed by atoms with Crippen LogP contribution in [0.3, 0.4) is 0 Å². The molecule has 176 valence electrons. The number of ketones is 1. The van der Waals surface area contributed by atoms with Crippen molar-refractivity contribution in [1.82, 2.24) is 0 Å². The summed E-state index contributed by atoms with van der Waals surface area (Å²) in [7, 11) is 0. The van der Waals surface area contributed by atoms with Crippen LogP contribution in [0.2, 0.25) is 0 Å². The molecule has 8 atom stereocenters. The highest BCUT2D eigenvalue weighted by atomic mass is 35.5. The van der Waals surface area contributed by atoms with E-state index in [0.29, 0.717) is 24.8 Å². The monoisotopic (exact) mass is 468 g/mol. The highest BCUT2D eigenvalue weighted by Crippen LogP contribution is 2.71. The number of aliphatic hydroxyl groups excluding tert-OH is 1. The van der Waals surface area contributed by atoms with Crippen molar-refractivity contribution < 1.29 is 33.7 Å². The van der Waals surface area contributed by atoms with Crippen LogP contribution in [0.25, 0.3) is 0 Å². The number of aliphatic carboxylic acids is 1. The zero-order valence-electron chi connectivity index (χ0n) is 18.8. The molecular weight excluding hydrogens is 439 g/mol. The fraction of sp³-hybridized carbons (Fsp3) is 0.708. The van der Waals surface area contributed by atoms with Crippen LogP contribution >= 0.6 is 11.6 Å². The van der Waals surface area contributed by atoms with Crippen molar-refractivity contribution in [3.8, 4) is 0 Å². The van der Waals surface area contributed by atoms with Crippen LogP contribution in [-0.2, 0) is 19.1 Å². The molecule has 4 aliphatic rings. The molecule has 3 saturated carbocycles. The summed E-state index contributed by atoms with van der Waals surface area (Å²) in [4.78, 5) is 37.1. The number of rotatable bonds is 3. The van der Waals surface area contributed by atoms with Gasteiger partial charge in [-0.1, -0.05) is 37.9 Å². The smallest absolute Gasteiger partial charge is 0.349 e. The number of esters is 1. The van der Waals surface area contributed by atoms with Gasteiger partial charge in [0.1, 0.15) is 0 Å². The van der Waals surface area contributed by atoms with Crippen molar-refractivity contribution in [2.75, 3.05) is 0 Å². The molecule has 0 amide bonds. The van der Waals surface area contributed by atoms with Gasteiger partial charge in [-0.3, -0.25) is 9.59 Å². The zero-order valence-corrected chi connectivity index (χ0v) is 19.5. The van der Waals surface area contributed by atoms with Crippen LogP contribution in [0.5, 0.6) is 0 Å². The van der Waals surface area contributed by atoms with Crippen LogP contribution in [0.15, 0.2) is 22.8 Å². The predicted octanol–water partition coefficient (Wildman–Crippen LogP) is 3.95. The quantitative estimate of drug-likeness (QED) is 0.608. The molecule has 8 heteroatoms. The van der Waals surface area contributed by atoms with Crippen molar-refractivity contribution in [2.45, 2.75) is 77.2 Å². The molecule has 4 rings (SSSR count). The fourth-order valence-electron chi connectivity index (χ4n) is 7.55. The van der Waals surface area contributed by atoms with Crippen molar-refractivity contribution in [3.63, 3.8) is 0 Å². The Balaban J connectivity index is 1.86. The van der Waals surface area contributed by atoms with Gasteiger partial charge in [-0.25, -0.2) is 9.18 Å². The number of carbonyl (C=O) groups is 3. The van der Waals surface area contributed by atoms with E-state index >= 15 is 4.39 Å². The molecule has 4 aliphatic carbocycles. The number of carbonyl (C=O) groups excluding carboxylic acids is 2. The molecule has 0 saturated heterocycles. The van der Waals surface area contributed by atoms with Crippen molar-refractivity contribution in [1.29, 1.82) is 0 Å². The SMILES string of the molecule is CCC(=O)O[C@]1(C(=O)O)[C@@H](C)C[C@H]2[C@@H]3CCC4=CC(=O)C(Cl)=C[C@]4(C)[C@@]3(F)[C@@H](O)C[C@@]21C. The third-order valence-corrected chi connectivity index (χ3v) is 9.42. The lowest BCUT2D eigenvalue weighted by Crippen LogP contribution is -2.70. The van der Waals surface area contributed by atoms with E-state index in [1.807, 2.05) is 0 Å². The van der Waals surface area contributed by atoms with Crippen LogP contribution in [0.4, 0.5) is 4.39 Å². The Kier molecular flexibility index (Phi) is 5.22. The molecule has 0 bridgehead atoms. The summed E-state index contributed by atoms with van der Waals surface area (Å²) in [6.07, 6.45) is 2.27. The third-order valence-electron chi connectivity index (χ3n) is 9.12. The summed E-state index contributed by atoms with van der Waals surface area (Å²) in [5.41, 5.74) is -5.82. The molecule has 0 aliphatic heterocycles. The first kappa shape index (κ1) is 23.4. The lowest BCUT2D eigenvalue weighted by molar-refractivity contribution is -0.234. The minimum Gasteiger partial charge on any atom is -0.478 e. The van der Waals surface area contributed by atoms with E-state index < -0.39 is 57.9 Å². The van der Waals surface area contributed by atoms with E-state index in [9.17, 15) is 24.6 Å². The van der Waals surface area contributed by atoms with Crippen molar-refractivity contribution in [2.24, 2.45) is 28.6 Å². The Morgan fingerprint density at radius 1 is 1.31 bits per heavy atom. The molecule has 0 spiro atoms. The summed E-state index contributed by atoms with van der Waals surface area (Å²) < 4.78 is 22.8. The summed E-state index contributed by atoms with van der Waals surface area (Å²) in [5.74, 6) is -3.94. The molecule has 3 fully saturated rings. The molecule has 0 heterocycles. The van der Waals surface area contributed by atoms with Gasteiger partial charge in [-0.2, -0.15) is 0 Å². The number of allylic oxidation sites excluding steroid dienone is 4. The lowest BCUT2D eigenvalue weighted by atomic mass is 9.44. The van der Waals surface area contributed by atoms with Crippen LogP contribution in [0, 0.1) is 28.6 Å². The number of hydrogen-bond donors (Lipinski definition) is 2. The van der Waals surface area contributed by atoms with Crippen LogP contribution < -0.4 is 0 Å². The molecule has 0 aromatic rings. The second kappa shape index (κ2) is 7.13. The number of carboxylic acids is 1. The number of carboxylic acid groups (broad SMARTS) is 1. The lowest BCUT2D eigenvalue weighted by Gasteiger charge is -2.62. The third kappa shape index (κ3) is 2.58. The predicted molar refractivity (Wildman–Crippen MR) is 114 cm³/mol. The standard InChI is InChI=1S/C24H30ClFO6/c1-5-19(29)32-24(20(30)31)12(2)8-15-14-7-6-13-9-17(27)16(25)10-21(13,3)23(14,26)18(28)11-22(15,24)4/h9-10,12,14-15,18,28H,5-8,11H2,1-4H3,(H,30,31)/t12-,14-,15-,18-,21-,22-,23-,24-/m0/s1. The van der Waals surface area contributed by atoms with E-state index in [1.54, 1.807) is 27.7 Å². The first-order valence-corrected chi connectivity index (χ1v) is 11.6. The van der Waals surface area contributed by atoms with Gasteiger partial charge in [0, 0.05) is 29.1 Å². The summed E-state index contributed by atoms with van der Waals surface area (Å²) >= 11 is 6.12. The van der Waals surface area contributed by atoms with Gasteiger partial charge in [-0.05, 0) is 50.7 Å². The number of hydrogen-bond acceptors (Lipinski definition) is 5. The Bertz CT molecular complexity index is 960. The number of ether oxygens (including phenoxy) is 1. The topological polar surface area (TPSA) is 101 Å². The Morgan fingerprint density at radius 3 is 2.56 bits per heavy atom. The number of fused-ring (bicyclic) bond motifs is 5. The minimum absolute atomic E-state index is 0.0189. The van der Waals surface area contributed by atoms with E-state index in [4.69, 9.17) is 16.3 Å². The highest BCUT2D eigenvalue weighted by molar-refractivity contribution is 6.44. The second-order valence-electron chi connectivity index (χ2n) is 10.4. The van der Waals surface area contributed by atoms with Gasteiger partial charge in [0.2, 0.25) is 5.60 Å². The van der Waals surface area contributed by atoms with E-state index in [1.165, 1.54) is 12.2 Å². The Morgan fingerprint density at radius 2 is 1.97 bits per heavy atom. The summed E-state index contributed by atoms with van der Waals surface area (Å²) in [5, 5.41) is 21.6. The molecular formula is C24H30ClFO6. The maximum Gasteiger partial charge on any atom is 0.349 e. The van der Waals surface area contributed by atoms with Crippen molar-refractivity contribution in [3.05, 3.63) is 22.8 Å². The average Bonchev–Trinajstić information content (AvgIpc) is 2.92. The van der Waals surface area contributed by atoms with Crippen LogP contribution in [0.1, 0.15) is 59.8 Å². The fourth-order valence-corrected chi connectivity index (χ4v) is 7.82. The van der Waals surface area contributed by atoms with Gasteiger partial charge in [0.25, 0.3) is 0 Å². The molecule has 0 unspecified atom stereocenters. The number of halogens is 2. The van der Waals surface area contributed by atoms with Gasteiger partial charge in [0.15, 0.2) is 11.5 Å². The van der Waals surface area contributed by atoms with Gasteiger partial charge in [0.05, 0.1) is 11.1 Å². The Labute approximate surface area is 191 Å². The molecule has 0 aromatic carbocycles. The normalized spacial score (nSPS) is 47.5. The first-order chi connectivity index (χ1) is 14.8. The van der Waals surface area contributed by atoms with E-state index in [0.717, 1.165) is 0 Å². The van der Waals surface area contributed by atoms with Gasteiger partial charge < -0.3 is 14.9 Å². The highest BCUT2D eigenvalue weighted by Gasteiger charge is 2.77. The summed E-state index contributed by atoms with van der Waals surface area (Å²) in [6, 6.07) is 0. The second-order valence-corrected chi connectivity index (χ2v) is 10.8. The molecule has 0 radical (unpaired) electrons. The number of alkyl halides is 1. The number of aliphatic hydroxyl groups is 1. The van der Waals surface area contributed by atoms with Gasteiger partial charge >= 0.3 is 11.9 Å². The first-order valence-electron chi connectivity index (χ1n) is 11.3. The van der Waals surface area contributed by atoms with E-state index in [2.05, 4.69) is 0 Å². The van der Waals surface area contributed by atoms with E-state index in [-0.39, 0.29) is 23.7 Å². The Hall–Kier alpha value is -1.73. The zero-order chi connectivity index (χ0) is 23.9. The minimum atomic E-state index is -2.13. The molecule has 32 heavy (non-hydrogen) atoms. The molecule has 0 aromatic heterocycles. The van der Waals surface area contributed by atoms with Gasteiger partial charge in [-0.15, -0.1) is 0 Å². The molecule has 2 N–H and O–H groups in total. The largest absolute Gasteiger partial charge is 0.478 e. The maximum absolute atomic E-state index is 17.2. The van der Waals surface area contributed by atoms with Crippen molar-refractivity contribution >= 4 is 29.3 Å². The maximum atomic E-state index is 17.2. The summed E-state index contributed by atoms with van der Waals surface area (Å²) in [6.45, 7) is 6.68. The average molecular weight is 469 g/mol. The van der Waals surface area contributed by atoms with Crippen LogP contribution in [-0.4, -0.2) is 45.3 Å². The molecule has 6 nitrogen and oxygen atoms in total.